The van der Waals surface area contributed by atoms with Gasteiger partial charge in [0.05, 0.1) is 19.8 Å². The molecule has 1 aromatic carbocycles. The highest BCUT2D eigenvalue weighted by Gasteiger charge is 2.08. The van der Waals surface area contributed by atoms with Gasteiger partial charge < -0.3 is 9.47 Å². The lowest BCUT2D eigenvalue weighted by atomic mass is 9.93. The van der Waals surface area contributed by atoms with E-state index >= 15 is 0 Å². The lowest BCUT2D eigenvalue weighted by molar-refractivity contribution is 0.0325. The van der Waals surface area contributed by atoms with E-state index in [-0.39, 0.29) is 0 Å². The standard InChI is InChI=1S/C15H24O2/c1-15(2,3)9-10-16-11-12-17-13-14-7-5-4-6-8-14/h4-8H,9-13H2,1-3H3. The van der Waals surface area contributed by atoms with Crippen LogP contribution in [0.25, 0.3) is 0 Å². The van der Waals surface area contributed by atoms with Crippen molar-refractivity contribution >= 4 is 0 Å². The Labute approximate surface area is 105 Å². The van der Waals surface area contributed by atoms with Crippen LogP contribution in [0.5, 0.6) is 0 Å². The molecule has 0 saturated carbocycles. The molecule has 0 saturated heterocycles. The van der Waals surface area contributed by atoms with Crippen LogP contribution in [-0.4, -0.2) is 19.8 Å². The zero-order chi connectivity index (χ0) is 12.6. The lowest BCUT2D eigenvalue weighted by Gasteiger charge is -2.17. The quantitative estimate of drug-likeness (QED) is 0.673. The van der Waals surface area contributed by atoms with Gasteiger partial charge in [-0.05, 0) is 17.4 Å². The third-order valence-corrected chi connectivity index (χ3v) is 2.48. The zero-order valence-corrected chi connectivity index (χ0v) is 11.2. The van der Waals surface area contributed by atoms with Crippen LogP contribution in [0, 0.1) is 5.41 Å². The molecular weight excluding hydrogens is 212 g/mol. The van der Waals surface area contributed by atoms with Crippen molar-refractivity contribution in [3.63, 3.8) is 0 Å². The van der Waals surface area contributed by atoms with Crippen molar-refractivity contribution in [2.45, 2.75) is 33.8 Å². The fourth-order valence-corrected chi connectivity index (χ4v) is 1.36. The van der Waals surface area contributed by atoms with Crippen molar-refractivity contribution in [3.05, 3.63) is 35.9 Å². The molecule has 0 aliphatic rings. The first-order valence-electron chi connectivity index (χ1n) is 6.27. The van der Waals surface area contributed by atoms with Gasteiger partial charge in [-0.1, -0.05) is 51.1 Å². The summed E-state index contributed by atoms with van der Waals surface area (Å²) in [5.74, 6) is 0. The van der Waals surface area contributed by atoms with Gasteiger partial charge in [-0.2, -0.15) is 0 Å². The Morgan fingerprint density at radius 1 is 0.882 bits per heavy atom. The van der Waals surface area contributed by atoms with Crippen LogP contribution in [0.15, 0.2) is 30.3 Å². The summed E-state index contributed by atoms with van der Waals surface area (Å²) in [4.78, 5) is 0. The Balaban J connectivity index is 1.95. The van der Waals surface area contributed by atoms with E-state index in [0.717, 1.165) is 13.0 Å². The maximum Gasteiger partial charge on any atom is 0.0718 e. The molecule has 1 rings (SSSR count). The molecule has 0 unspecified atom stereocenters. The van der Waals surface area contributed by atoms with Crippen LogP contribution >= 0.6 is 0 Å². The van der Waals surface area contributed by atoms with Gasteiger partial charge in [0.25, 0.3) is 0 Å². The van der Waals surface area contributed by atoms with Crippen LogP contribution in [-0.2, 0) is 16.1 Å². The van der Waals surface area contributed by atoms with Crippen molar-refractivity contribution in [2.75, 3.05) is 19.8 Å². The molecule has 96 valence electrons. The molecule has 17 heavy (non-hydrogen) atoms. The van der Waals surface area contributed by atoms with Crippen molar-refractivity contribution in [1.29, 1.82) is 0 Å². The van der Waals surface area contributed by atoms with E-state index in [2.05, 4.69) is 32.9 Å². The molecule has 0 amide bonds. The van der Waals surface area contributed by atoms with Crippen LogP contribution < -0.4 is 0 Å². The second-order valence-corrected chi connectivity index (χ2v) is 5.46. The van der Waals surface area contributed by atoms with Gasteiger partial charge in [-0.3, -0.25) is 0 Å². The normalized spacial score (nSPS) is 11.7. The third-order valence-electron chi connectivity index (χ3n) is 2.48. The predicted octanol–water partition coefficient (Wildman–Crippen LogP) is 3.66. The van der Waals surface area contributed by atoms with Crippen molar-refractivity contribution < 1.29 is 9.47 Å². The molecule has 0 radical (unpaired) electrons. The number of hydrogen-bond acceptors (Lipinski definition) is 2. The second kappa shape index (κ2) is 7.46. The van der Waals surface area contributed by atoms with E-state index in [4.69, 9.17) is 9.47 Å². The van der Waals surface area contributed by atoms with E-state index in [1.807, 2.05) is 18.2 Å². The summed E-state index contributed by atoms with van der Waals surface area (Å²) in [6.07, 6.45) is 1.09. The predicted molar refractivity (Wildman–Crippen MR) is 71.0 cm³/mol. The molecule has 0 spiro atoms. The van der Waals surface area contributed by atoms with E-state index < -0.39 is 0 Å². The molecule has 2 nitrogen and oxygen atoms in total. The van der Waals surface area contributed by atoms with Gasteiger partial charge in [-0.15, -0.1) is 0 Å². The molecule has 0 aliphatic carbocycles. The fourth-order valence-electron chi connectivity index (χ4n) is 1.36. The second-order valence-electron chi connectivity index (χ2n) is 5.46. The highest BCUT2D eigenvalue weighted by Crippen LogP contribution is 2.17. The Bertz CT molecular complexity index is 288. The van der Waals surface area contributed by atoms with E-state index in [1.165, 1.54) is 5.56 Å². The van der Waals surface area contributed by atoms with Crippen LogP contribution in [0.1, 0.15) is 32.8 Å². The van der Waals surface area contributed by atoms with Gasteiger partial charge >= 0.3 is 0 Å². The summed E-state index contributed by atoms with van der Waals surface area (Å²) in [6, 6.07) is 10.2. The summed E-state index contributed by atoms with van der Waals surface area (Å²) >= 11 is 0. The number of rotatable bonds is 7. The SMILES string of the molecule is CC(C)(C)CCOCCOCc1ccccc1. The minimum absolute atomic E-state index is 0.352. The zero-order valence-electron chi connectivity index (χ0n) is 11.2. The monoisotopic (exact) mass is 236 g/mol. The lowest BCUT2D eigenvalue weighted by Crippen LogP contribution is -2.12. The van der Waals surface area contributed by atoms with Gasteiger partial charge in [0, 0.05) is 6.61 Å². The molecule has 0 heterocycles. The first kappa shape index (κ1) is 14.2. The summed E-state index contributed by atoms with van der Waals surface area (Å²) in [6.45, 7) is 9.51. The largest absolute Gasteiger partial charge is 0.379 e. The van der Waals surface area contributed by atoms with Gasteiger partial charge in [0.1, 0.15) is 0 Å². The number of ether oxygens (including phenoxy) is 2. The summed E-state index contributed by atoms with van der Waals surface area (Å²) in [7, 11) is 0. The average molecular weight is 236 g/mol. The van der Waals surface area contributed by atoms with Gasteiger partial charge in [0.15, 0.2) is 0 Å². The van der Waals surface area contributed by atoms with Crippen molar-refractivity contribution in [3.8, 4) is 0 Å². The Morgan fingerprint density at radius 2 is 1.53 bits per heavy atom. The molecule has 0 atom stereocenters. The molecule has 0 aromatic heterocycles. The summed E-state index contributed by atoms with van der Waals surface area (Å²) < 4.78 is 11.0. The molecule has 0 fully saturated rings. The van der Waals surface area contributed by atoms with E-state index in [0.29, 0.717) is 25.2 Å². The minimum atomic E-state index is 0.352. The van der Waals surface area contributed by atoms with E-state index in [1.54, 1.807) is 0 Å². The Morgan fingerprint density at radius 3 is 2.18 bits per heavy atom. The maximum atomic E-state index is 5.53. The fraction of sp³-hybridized carbons (Fsp3) is 0.600. The molecule has 0 bridgehead atoms. The van der Waals surface area contributed by atoms with Crippen molar-refractivity contribution in [2.24, 2.45) is 5.41 Å². The smallest absolute Gasteiger partial charge is 0.0718 e. The average Bonchev–Trinajstić information content (AvgIpc) is 2.28. The van der Waals surface area contributed by atoms with Crippen molar-refractivity contribution in [1.82, 2.24) is 0 Å². The van der Waals surface area contributed by atoms with Gasteiger partial charge in [-0.25, -0.2) is 0 Å². The Hall–Kier alpha value is -0.860. The molecular formula is C15H24O2. The Kier molecular flexibility index (Phi) is 6.23. The number of hydrogen-bond donors (Lipinski definition) is 0. The molecule has 0 N–H and O–H groups in total. The molecule has 2 heteroatoms. The highest BCUT2D eigenvalue weighted by atomic mass is 16.5. The van der Waals surface area contributed by atoms with E-state index in [9.17, 15) is 0 Å². The van der Waals surface area contributed by atoms with Crippen LogP contribution in [0.2, 0.25) is 0 Å². The molecule has 1 aromatic rings. The van der Waals surface area contributed by atoms with Gasteiger partial charge in [0.2, 0.25) is 0 Å². The highest BCUT2D eigenvalue weighted by molar-refractivity contribution is 5.13. The van der Waals surface area contributed by atoms with Crippen LogP contribution in [0.4, 0.5) is 0 Å². The summed E-state index contributed by atoms with van der Waals surface area (Å²) in [5.41, 5.74) is 1.56. The van der Waals surface area contributed by atoms with Crippen LogP contribution in [0.3, 0.4) is 0 Å². The first-order chi connectivity index (χ1) is 8.08. The minimum Gasteiger partial charge on any atom is -0.379 e. The number of benzene rings is 1. The molecule has 0 aliphatic heterocycles. The third kappa shape index (κ3) is 7.94. The topological polar surface area (TPSA) is 18.5 Å². The maximum absolute atomic E-state index is 5.53. The first-order valence-corrected chi connectivity index (χ1v) is 6.27. The summed E-state index contributed by atoms with van der Waals surface area (Å²) in [5, 5.41) is 0.